The van der Waals surface area contributed by atoms with Crippen LogP contribution in [0.3, 0.4) is 0 Å². The molecular weight excluding hydrogens is 254 g/mol. The van der Waals surface area contributed by atoms with E-state index in [4.69, 9.17) is 0 Å². The van der Waals surface area contributed by atoms with Gasteiger partial charge in [-0.25, -0.2) is 14.8 Å². The Hall–Kier alpha value is -2.43. The van der Waals surface area contributed by atoms with Crippen LogP contribution in [-0.2, 0) is 4.79 Å². The summed E-state index contributed by atoms with van der Waals surface area (Å²) in [4.78, 5) is 21.9. The van der Waals surface area contributed by atoms with E-state index < -0.39 is 12.0 Å². The third-order valence-corrected chi connectivity index (χ3v) is 3.50. The Morgan fingerprint density at radius 2 is 2.05 bits per heavy atom. The minimum Gasteiger partial charge on any atom is -0.480 e. The Morgan fingerprint density at radius 1 is 1.25 bits per heavy atom. The molecule has 2 heterocycles. The number of hydrogen-bond acceptors (Lipinski definition) is 4. The molecular formula is C15H15N3O2. The molecule has 102 valence electrons. The van der Waals surface area contributed by atoms with Gasteiger partial charge in [0.05, 0.1) is 0 Å². The number of rotatable bonds is 3. The zero-order valence-electron chi connectivity index (χ0n) is 10.9. The van der Waals surface area contributed by atoms with Crippen molar-refractivity contribution in [1.29, 1.82) is 0 Å². The number of carboxylic acids is 1. The summed E-state index contributed by atoms with van der Waals surface area (Å²) in [5.74, 6) is 0.519. The maximum atomic E-state index is 11.3. The van der Waals surface area contributed by atoms with Crippen LogP contribution in [0.15, 0.2) is 42.6 Å². The molecule has 5 nitrogen and oxygen atoms in total. The summed E-state index contributed by atoms with van der Waals surface area (Å²) in [6, 6.07) is 11.0. The van der Waals surface area contributed by atoms with Crippen molar-refractivity contribution in [1.82, 2.24) is 9.97 Å². The second kappa shape index (κ2) is 5.28. The summed E-state index contributed by atoms with van der Waals surface area (Å²) in [6.07, 6.45) is 3.23. The van der Waals surface area contributed by atoms with Crippen molar-refractivity contribution >= 4 is 11.8 Å². The Labute approximate surface area is 116 Å². The van der Waals surface area contributed by atoms with Crippen molar-refractivity contribution in [3.05, 3.63) is 42.6 Å². The molecule has 20 heavy (non-hydrogen) atoms. The molecule has 0 spiro atoms. The molecule has 1 aliphatic heterocycles. The van der Waals surface area contributed by atoms with Gasteiger partial charge in [0.1, 0.15) is 11.9 Å². The fourth-order valence-corrected chi connectivity index (χ4v) is 2.53. The molecule has 0 saturated carbocycles. The van der Waals surface area contributed by atoms with E-state index in [-0.39, 0.29) is 0 Å². The van der Waals surface area contributed by atoms with E-state index in [1.54, 1.807) is 12.3 Å². The average Bonchev–Trinajstić information content (AvgIpc) is 2.98. The number of benzene rings is 1. The highest BCUT2D eigenvalue weighted by Crippen LogP contribution is 2.25. The molecule has 0 aliphatic carbocycles. The van der Waals surface area contributed by atoms with Gasteiger partial charge >= 0.3 is 5.97 Å². The van der Waals surface area contributed by atoms with Crippen LogP contribution < -0.4 is 4.90 Å². The first kappa shape index (κ1) is 12.6. The normalized spacial score (nSPS) is 18.2. The van der Waals surface area contributed by atoms with E-state index >= 15 is 0 Å². The summed E-state index contributed by atoms with van der Waals surface area (Å²) in [6.45, 7) is 0.724. The molecule has 0 bridgehead atoms. The predicted octanol–water partition coefficient (Wildman–Crippen LogP) is 2.20. The molecule has 0 amide bonds. The highest BCUT2D eigenvalue weighted by Gasteiger charge is 2.31. The van der Waals surface area contributed by atoms with Crippen LogP contribution in [0.4, 0.5) is 5.82 Å². The van der Waals surface area contributed by atoms with Crippen LogP contribution in [-0.4, -0.2) is 33.6 Å². The molecule has 1 saturated heterocycles. The number of nitrogens with zero attached hydrogens (tertiary/aromatic N) is 3. The molecule has 1 fully saturated rings. The first-order chi connectivity index (χ1) is 9.75. The standard InChI is InChI=1S/C15H15N3O2/c19-15(20)12-7-4-10-18(12)13-8-9-16-14(17-13)11-5-2-1-3-6-11/h1-3,5-6,8-9,12H,4,7,10H2,(H,19,20)/t12-/m1/s1. The highest BCUT2D eigenvalue weighted by molar-refractivity contribution is 5.78. The average molecular weight is 269 g/mol. The topological polar surface area (TPSA) is 66.3 Å². The summed E-state index contributed by atoms with van der Waals surface area (Å²) < 4.78 is 0. The number of hydrogen-bond donors (Lipinski definition) is 1. The van der Waals surface area contributed by atoms with Crippen LogP contribution in [0.25, 0.3) is 11.4 Å². The summed E-state index contributed by atoms with van der Waals surface area (Å²) >= 11 is 0. The van der Waals surface area contributed by atoms with Crippen LogP contribution >= 0.6 is 0 Å². The van der Waals surface area contributed by atoms with Crippen molar-refractivity contribution < 1.29 is 9.90 Å². The van der Waals surface area contributed by atoms with Gasteiger partial charge < -0.3 is 10.0 Å². The maximum absolute atomic E-state index is 11.3. The van der Waals surface area contributed by atoms with Crippen molar-refractivity contribution in [3.63, 3.8) is 0 Å². The molecule has 5 heteroatoms. The zero-order chi connectivity index (χ0) is 13.9. The third kappa shape index (κ3) is 2.34. The Morgan fingerprint density at radius 3 is 2.80 bits per heavy atom. The van der Waals surface area contributed by atoms with Crippen molar-refractivity contribution in [2.45, 2.75) is 18.9 Å². The largest absolute Gasteiger partial charge is 0.480 e. The number of carbonyl (C=O) groups is 1. The van der Waals surface area contributed by atoms with Crippen molar-refractivity contribution in [3.8, 4) is 11.4 Å². The van der Waals surface area contributed by atoms with Gasteiger partial charge in [0, 0.05) is 18.3 Å². The van der Waals surface area contributed by atoms with Crippen molar-refractivity contribution in [2.75, 3.05) is 11.4 Å². The van der Waals surface area contributed by atoms with Gasteiger partial charge in [0.2, 0.25) is 0 Å². The minimum atomic E-state index is -0.789. The van der Waals surface area contributed by atoms with E-state index in [0.717, 1.165) is 18.5 Å². The lowest BCUT2D eigenvalue weighted by Crippen LogP contribution is -2.36. The molecule has 1 atom stereocenters. The molecule has 1 aromatic carbocycles. The second-order valence-corrected chi connectivity index (χ2v) is 4.79. The third-order valence-electron chi connectivity index (χ3n) is 3.50. The molecule has 3 rings (SSSR count). The van der Waals surface area contributed by atoms with Gasteiger partial charge in [-0.3, -0.25) is 0 Å². The zero-order valence-corrected chi connectivity index (χ0v) is 10.9. The molecule has 0 radical (unpaired) electrons. The number of aliphatic carboxylic acids is 1. The second-order valence-electron chi connectivity index (χ2n) is 4.79. The number of anilines is 1. The smallest absolute Gasteiger partial charge is 0.326 e. The molecule has 1 aromatic heterocycles. The lowest BCUT2D eigenvalue weighted by molar-refractivity contribution is -0.138. The Kier molecular flexibility index (Phi) is 3.33. The van der Waals surface area contributed by atoms with Gasteiger partial charge in [-0.05, 0) is 18.9 Å². The first-order valence-corrected chi connectivity index (χ1v) is 6.63. The molecule has 0 unspecified atom stereocenters. The van der Waals surface area contributed by atoms with Gasteiger partial charge in [-0.2, -0.15) is 0 Å². The Bertz CT molecular complexity index is 616. The van der Waals surface area contributed by atoms with Gasteiger partial charge in [0.15, 0.2) is 5.82 Å². The summed E-state index contributed by atoms with van der Waals surface area (Å²) in [7, 11) is 0. The fourth-order valence-electron chi connectivity index (χ4n) is 2.53. The number of carboxylic acid groups (broad SMARTS) is 1. The SMILES string of the molecule is O=C(O)[C@H]1CCCN1c1ccnc(-c2ccccc2)n1. The van der Waals surface area contributed by atoms with E-state index in [1.165, 1.54) is 0 Å². The van der Waals surface area contributed by atoms with Gasteiger partial charge in [0.25, 0.3) is 0 Å². The molecule has 2 aromatic rings. The monoisotopic (exact) mass is 269 g/mol. The highest BCUT2D eigenvalue weighted by atomic mass is 16.4. The molecule has 1 aliphatic rings. The lowest BCUT2D eigenvalue weighted by atomic mass is 10.2. The predicted molar refractivity (Wildman–Crippen MR) is 75.5 cm³/mol. The van der Waals surface area contributed by atoms with Crippen LogP contribution in [0.5, 0.6) is 0 Å². The van der Waals surface area contributed by atoms with E-state index in [0.29, 0.717) is 18.1 Å². The quantitative estimate of drug-likeness (QED) is 0.925. The minimum absolute atomic E-state index is 0.478. The van der Waals surface area contributed by atoms with E-state index in [2.05, 4.69) is 9.97 Å². The van der Waals surface area contributed by atoms with Crippen LogP contribution in [0.2, 0.25) is 0 Å². The number of aromatic nitrogens is 2. The summed E-state index contributed by atoms with van der Waals surface area (Å²) in [5, 5.41) is 9.25. The van der Waals surface area contributed by atoms with E-state index in [1.807, 2.05) is 35.2 Å². The molecule has 1 N–H and O–H groups in total. The first-order valence-electron chi connectivity index (χ1n) is 6.63. The van der Waals surface area contributed by atoms with Crippen molar-refractivity contribution in [2.24, 2.45) is 0 Å². The van der Waals surface area contributed by atoms with Gasteiger partial charge in [-0.15, -0.1) is 0 Å². The van der Waals surface area contributed by atoms with Gasteiger partial charge in [-0.1, -0.05) is 30.3 Å². The lowest BCUT2D eigenvalue weighted by Gasteiger charge is -2.22. The van der Waals surface area contributed by atoms with Crippen LogP contribution in [0, 0.1) is 0 Å². The van der Waals surface area contributed by atoms with Crippen LogP contribution in [0.1, 0.15) is 12.8 Å². The maximum Gasteiger partial charge on any atom is 0.326 e. The van der Waals surface area contributed by atoms with E-state index in [9.17, 15) is 9.90 Å². The Balaban J connectivity index is 1.94. The summed E-state index contributed by atoms with van der Waals surface area (Å²) in [5.41, 5.74) is 0.931. The fraction of sp³-hybridized carbons (Fsp3) is 0.267.